The van der Waals surface area contributed by atoms with Crippen molar-refractivity contribution in [3.8, 4) is 0 Å². The lowest BCUT2D eigenvalue weighted by Crippen LogP contribution is -2.59. The second-order valence-corrected chi connectivity index (χ2v) is 3.69. The first-order chi connectivity index (χ1) is 7.10. The fourth-order valence-corrected chi connectivity index (χ4v) is 1.72. The molecule has 1 atom stereocenters. The second-order valence-electron chi connectivity index (χ2n) is 3.69. The quantitative estimate of drug-likeness (QED) is 0.460. The fraction of sp³-hybridized carbons (Fsp3) is 0.778. The van der Waals surface area contributed by atoms with Crippen molar-refractivity contribution in [3.63, 3.8) is 0 Å². The van der Waals surface area contributed by atoms with Crippen LogP contribution in [0.25, 0.3) is 0 Å². The highest BCUT2D eigenvalue weighted by Crippen LogP contribution is 2.10. The third kappa shape index (κ3) is 2.66. The van der Waals surface area contributed by atoms with E-state index in [0.717, 1.165) is 6.54 Å². The number of piperazine rings is 1. The van der Waals surface area contributed by atoms with Gasteiger partial charge in [0.15, 0.2) is 0 Å². The van der Waals surface area contributed by atoms with Crippen LogP contribution in [-0.2, 0) is 9.59 Å². The maximum absolute atomic E-state index is 11.6. The maximum Gasteiger partial charge on any atom is 0.267 e. The molecule has 6 nitrogen and oxygen atoms in total. The van der Waals surface area contributed by atoms with Crippen molar-refractivity contribution in [1.82, 2.24) is 15.3 Å². The topological polar surface area (TPSA) is 72.9 Å². The van der Waals surface area contributed by atoms with Crippen molar-refractivity contribution in [2.75, 3.05) is 26.7 Å². The van der Waals surface area contributed by atoms with Crippen molar-refractivity contribution in [2.45, 2.75) is 19.4 Å². The lowest BCUT2D eigenvalue weighted by Gasteiger charge is -2.38. The molecule has 0 radical (unpaired) electrons. The van der Waals surface area contributed by atoms with Gasteiger partial charge in [-0.05, 0) is 7.05 Å². The number of hydrogen-bond acceptors (Lipinski definition) is 4. The van der Waals surface area contributed by atoms with E-state index in [1.165, 1.54) is 4.90 Å². The standard InChI is InChI=1S/C9H17N3O3/c1-3-8(13)12-5-4-11(2)6-7(12)9(14)10-15/h7,15H,3-6H2,1-2H3,(H,10,14). The molecule has 0 aromatic carbocycles. The highest BCUT2D eigenvalue weighted by atomic mass is 16.5. The Labute approximate surface area is 88.8 Å². The Morgan fingerprint density at radius 3 is 2.67 bits per heavy atom. The second kappa shape index (κ2) is 5.09. The van der Waals surface area contributed by atoms with Crippen LogP contribution in [0.1, 0.15) is 13.3 Å². The van der Waals surface area contributed by atoms with Gasteiger partial charge in [0.25, 0.3) is 5.91 Å². The summed E-state index contributed by atoms with van der Waals surface area (Å²) in [4.78, 5) is 26.4. The molecule has 1 aliphatic rings. The van der Waals surface area contributed by atoms with Crippen LogP contribution in [0.4, 0.5) is 0 Å². The number of nitrogens with zero attached hydrogens (tertiary/aromatic N) is 2. The van der Waals surface area contributed by atoms with Gasteiger partial charge in [-0.15, -0.1) is 0 Å². The zero-order valence-corrected chi connectivity index (χ0v) is 9.06. The molecule has 1 aliphatic heterocycles. The normalized spacial score (nSPS) is 22.6. The number of nitrogens with one attached hydrogen (secondary N) is 1. The summed E-state index contributed by atoms with van der Waals surface area (Å²) in [5.74, 6) is -0.583. The molecule has 0 spiro atoms. The van der Waals surface area contributed by atoms with Crippen LogP contribution in [0.3, 0.4) is 0 Å². The third-order valence-corrected chi connectivity index (χ3v) is 2.62. The molecule has 0 saturated carbocycles. The van der Waals surface area contributed by atoms with Gasteiger partial charge in [0.05, 0.1) is 0 Å². The average Bonchev–Trinajstić information content (AvgIpc) is 2.26. The zero-order chi connectivity index (χ0) is 11.4. The lowest BCUT2D eigenvalue weighted by atomic mass is 10.1. The number of likely N-dealkylation sites (N-methyl/N-ethyl adjacent to an activating group) is 1. The van der Waals surface area contributed by atoms with Gasteiger partial charge >= 0.3 is 0 Å². The number of hydrogen-bond donors (Lipinski definition) is 2. The number of carbonyl (C=O) groups is 2. The van der Waals surface area contributed by atoms with E-state index < -0.39 is 11.9 Å². The minimum absolute atomic E-state index is 0.0586. The van der Waals surface area contributed by atoms with Crippen molar-refractivity contribution < 1.29 is 14.8 Å². The molecular formula is C9H17N3O3. The lowest BCUT2D eigenvalue weighted by molar-refractivity contribution is -0.147. The minimum Gasteiger partial charge on any atom is -0.328 e. The van der Waals surface area contributed by atoms with E-state index in [2.05, 4.69) is 0 Å². The molecule has 1 saturated heterocycles. The average molecular weight is 215 g/mol. The Morgan fingerprint density at radius 2 is 2.13 bits per heavy atom. The van der Waals surface area contributed by atoms with Gasteiger partial charge in [0.1, 0.15) is 6.04 Å². The molecular weight excluding hydrogens is 198 g/mol. The van der Waals surface area contributed by atoms with Crippen molar-refractivity contribution in [1.29, 1.82) is 0 Å². The number of carbonyl (C=O) groups excluding carboxylic acids is 2. The first-order valence-corrected chi connectivity index (χ1v) is 5.02. The number of rotatable bonds is 2. The fourth-order valence-electron chi connectivity index (χ4n) is 1.72. The van der Waals surface area contributed by atoms with E-state index in [1.54, 1.807) is 12.4 Å². The van der Waals surface area contributed by atoms with E-state index in [4.69, 9.17) is 5.21 Å². The van der Waals surface area contributed by atoms with E-state index >= 15 is 0 Å². The molecule has 2 amide bonds. The van der Waals surface area contributed by atoms with Crippen LogP contribution >= 0.6 is 0 Å². The zero-order valence-electron chi connectivity index (χ0n) is 9.06. The minimum atomic E-state index is -0.582. The van der Waals surface area contributed by atoms with Gasteiger partial charge < -0.3 is 9.80 Å². The predicted octanol–water partition coefficient (Wildman–Crippen LogP) is -0.956. The van der Waals surface area contributed by atoms with Crippen LogP contribution in [0.5, 0.6) is 0 Å². The van der Waals surface area contributed by atoms with Gasteiger partial charge in [-0.1, -0.05) is 6.92 Å². The Bertz CT molecular complexity index is 257. The van der Waals surface area contributed by atoms with Gasteiger partial charge in [0, 0.05) is 26.1 Å². The molecule has 0 bridgehead atoms. The molecule has 1 unspecified atom stereocenters. The van der Waals surface area contributed by atoms with E-state index in [-0.39, 0.29) is 5.91 Å². The largest absolute Gasteiger partial charge is 0.328 e. The first-order valence-electron chi connectivity index (χ1n) is 5.02. The van der Waals surface area contributed by atoms with Gasteiger partial charge in [-0.2, -0.15) is 0 Å². The number of amides is 2. The summed E-state index contributed by atoms with van der Waals surface area (Å²) in [6.45, 7) is 3.49. The Hall–Kier alpha value is -1.14. The molecule has 0 aliphatic carbocycles. The molecule has 86 valence electrons. The maximum atomic E-state index is 11.6. The SMILES string of the molecule is CCC(=O)N1CCN(C)CC1C(=O)NO. The summed E-state index contributed by atoms with van der Waals surface area (Å²) in [6, 6.07) is -0.582. The molecule has 2 N–H and O–H groups in total. The summed E-state index contributed by atoms with van der Waals surface area (Å²) < 4.78 is 0. The summed E-state index contributed by atoms with van der Waals surface area (Å²) >= 11 is 0. The molecule has 1 heterocycles. The molecule has 15 heavy (non-hydrogen) atoms. The van der Waals surface area contributed by atoms with Crippen molar-refractivity contribution in [2.24, 2.45) is 0 Å². The molecule has 6 heteroatoms. The van der Waals surface area contributed by atoms with E-state index in [0.29, 0.717) is 19.5 Å². The molecule has 0 aromatic heterocycles. The first kappa shape index (κ1) is 11.9. The Morgan fingerprint density at radius 1 is 1.47 bits per heavy atom. The molecule has 0 aromatic rings. The molecule has 1 fully saturated rings. The number of hydroxylamine groups is 1. The summed E-state index contributed by atoms with van der Waals surface area (Å²) in [5, 5.41) is 8.59. The van der Waals surface area contributed by atoms with Gasteiger partial charge in [-0.3, -0.25) is 14.8 Å². The summed E-state index contributed by atoms with van der Waals surface area (Å²) in [6.07, 6.45) is 0.374. The van der Waals surface area contributed by atoms with Gasteiger partial charge in [0.2, 0.25) is 5.91 Å². The molecule has 1 rings (SSSR count). The van der Waals surface area contributed by atoms with Crippen LogP contribution in [0, 0.1) is 0 Å². The summed E-state index contributed by atoms with van der Waals surface area (Å²) in [5.41, 5.74) is 1.60. The van der Waals surface area contributed by atoms with Crippen LogP contribution in [0.15, 0.2) is 0 Å². The van der Waals surface area contributed by atoms with Gasteiger partial charge in [-0.25, -0.2) is 5.48 Å². The monoisotopic (exact) mass is 215 g/mol. The van der Waals surface area contributed by atoms with Crippen molar-refractivity contribution >= 4 is 11.8 Å². The van der Waals surface area contributed by atoms with E-state index in [1.807, 2.05) is 11.9 Å². The highest BCUT2D eigenvalue weighted by molar-refractivity contribution is 5.87. The van der Waals surface area contributed by atoms with Crippen LogP contribution < -0.4 is 5.48 Å². The predicted molar refractivity (Wildman–Crippen MR) is 53.2 cm³/mol. The van der Waals surface area contributed by atoms with Crippen molar-refractivity contribution in [3.05, 3.63) is 0 Å². The Kier molecular flexibility index (Phi) is 4.05. The van der Waals surface area contributed by atoms with Crippen LogP contribution in [0.2, 0.25) is 0 Å². The smallest absolute Gasteiger partial charge is 0.267 e. The summed E-state index contributed by atoms with van der Waals surface area (Å²) in [7, 11) is 1.88. The highest BCUT2D eigenvalue weighted by Gasteiger charge is 2.33. The third-order valence-electron chi connectivity index (χ3n) is 2.62. The van der Waals surface area contributed by atoms with Crippen LogP contribution in [-0.4, -0.2) is 59.5 Å². The van der Waals surface area contributed by atoms with E-state index in [9.17, 15) is 9.59 Å². The Balaban J connectivity index is 2.74.